The number of carbonyl (C=O) groups excluding carboxylic acids is 4. The van der Waals surface area contributed by atoms with Crippen molar-refractivity contribution in [2.24, 2.45) is 0 Å². The van der Waals surface area contributed by atoms with Crippen LogP contribution in [0.15, 0.2) is 60.8 Å². The number of pyridine rings is 2. The molecule has 0 radical (unpaired) electrons. The van der Waals surface area contributed by atoms with Crippen molar-refractivity contribution < 1.29 is 33.4 Å². The molecule has 4 heterocycles. The molecule has 39 heavy (non-hydrogen) atoms. The molecule has 0 atom stereocenters. The Morgan fingerprint density at radius 2 is 1.26 bits per heavy atom. The van der Waals surface area contributed by atoms with E-state index in [1.807, 2.05) is 0 Å². The first-order valence-electron chi connectivity index (χ1n) is 12.1. The van der Waals surface area contributed by atoms with Crippen LogP contribution in [0.2, 0.25) is 0 Å². The summed E-state index contributed by atoms with van der Waals surface area (Å²) in [5, 5.41) is 5.56. The number of nitrogens with zero attached hydrogens (tertiary/aromatic N) is 4. The zero-order chi connectivity index (χ0) is 27.9. The van der Waals surface area contributed by atoms with Gasteiger partial charge < -0.3 is 33.6 Å². The van der Waals surface area contributed by atoms with E-state index in [0.717, 1.165) is 0 Å². The molecule has 0 spiro atoms. The fraction of sp³-hybridized carbons (Fsp3) is 0.231. The van der Waals surface area contributed by atoms with Crippen molar-refractivity contribution in [1.82, 2.24) is 18.8 Å². The first-order chi connectivity index (χ1) is 18.8. The summed E-state index contributed by atoms with van der Waals surface area (Å²) in [6.45, 7) is 5.55. The van der Waals surface area contributed by atoms with Crippen LogP contribution in [-0.2, 0) is 23.8 Å². The van der Waals surface area contributed by atoms with Crippen molar-refractivity contribution in [3.63, 3.8) is 0 Å². The summed E-state index contributed by atoms with van der Waals surface area (Å²) >= 11 is 0. The van der Waals surface area contributed by atoms with E-state index in [9.17, 15) is 19.2 Å². The smallest absolute Gasteiger partial charge is 0.358 e. The maximum absolute atomic E-state index is 13.1. The van der Waals surface area contributed by atoms with E-state index in [2.05, 4.69) is 20.6 Å². The molecule has 0 fully saturated rings. The van der Waals surface area contributed by atoms with E-state index in [1.165, 1.54) is 18.6 Å². The first-order valence-corrected chi connectivity index (χ1v) is 12.1. The van der Waals surface area contributed by atoms with Gasteiger partial charge in [0.05, 0.1) is 31.2 Å². The molecule has 0 aliphatic rings. The molecule has 4 rings (SSSR count). The minimum absolute atomic E-state index is 0.0682. The molecule has 0 aliphatic carbocycles. The molecule has 0 bridgehead atoms. The summed E-state index contributed by atoms with van der Waals surface area (Å²) in [7, 11) is 0. The van der Waals surface area contributed by atoms with E-state index in [4.69, 9.17) is 14.2 Å². The fourth-order valence-corrected chi connectivity index (χ4v) is 3.53. The van der Waals surface area contributed by atoms with E-state index < -0.39 is 23.8 Å². The quantitative estimate of drug-likeness (QED) is 0.102. The SMILES string of the molecule is CCOC(=O)/C(=C\Nc1ccc2nc(C(=O)OCC)cn2c1)C(=O)Nc1ccc2nc(C(=O)OCC)cn2c1. The monoisotopic (exact) mass is 534 g/mol. The Morgan fingerprint density at radius 1 is 0.744 bits per heavy atom. The predicted octanol–water partition coefficient (Wildman–Crippen LogP) is 2.83. The number of nitrogens with one attached hydrogen (secondary N) is 2. The Labute approximate surface area is 222 Å². The zero-order valence-electron chi connectivity index (χ0n) is 21.5. The van der Waals surface area contributed by atoms with Gasteiger partial charge in [-0.25, -0.2) is 24.4 Å². The van der Waals surface area contributed by atoms with Gasteiger partial charge in [0.15, 0.2) is 11.4 Å². The number of amides is 1. The zero-order valence-corrected chi connectivity index (χ0v) is 21.5. The minimum atomic E-state index is -0.830. The largest absolute Gasteiger partial charge is 0.462 e. The molecule has 0 unspecified atom stereocenters. The number of carbonyl (C=O) groups is 4. The fourth-order valence-electron chi connectivity index (χ4n) is 3.53. The first kappa shape index (κ1) is 26.9. The van der Waals surface area contributed by atoms with Crippen LogP contribution in [0.25, 0.3) is 11.3 Å². The summed E-state index contributed by atoms with van der Waals surface area (Å²) in [4.78, 5) is 58.0. The predicted molar refractivity (Wildman–Crippen MR) is 139 cm³/mol. The Kier molecular flexibility index (Phi) is 8.19. The molecule has 4 aromatic rings. The molecule has 0 saturated heterocycles. The summed E-state index contributed by atoms with van der Waals surface area (Å²) in [6.07, 6.45) is 7.41. The maximum atomic E-state index is 13.1. The second-order valence-corrected chi connectivity index (χ2v) is 7.94. The Hall–Kier alpha value is -5.20. The van der Waals surface area contributed by atoms with Gasteiger partial charge in [0.25, 0.3) is 5.91 Å². The van der Waals surface area contributed by atoms with Gasteiger partial charge in [0, 0.05) is 31.0 Å². The summed E-state index contributed by atoms with van der Waals surface area (Å²) < 4.78 is 18.2. The molecule has 202 valence electrons. The number of ether oxygens (including phenoxy) is 3. The molecule has 0 saturated carbocycles. The third kappa shape index (κ3) is 6.21. The molecule has 13 nitrogen and oxygen atoms in total. The van der Waals surface area contributed by atoms with Crippen LogP contribution in [-0.4, -0.2) is 62.4 Å². The molecule has 1 amide bonds. The van der Waals surface area contributed by atoms with Crippen molar-refractivity contribution >= 4 is 46.5 Å². The van der Waals surface area contributed by atoms with E-state index in [-0.39, 0.29) is 36.8 Å². The van der Waals surface area contributed by atoms with Gasteiger partial charge in [0.2, 0.25) is 0 Å². The Bertz CT molecular complexity index is 1590. The van der Waals surface area contributed by atoms with Gasteiger partial charge in [-0.3, -0.25) is 4.79 Å². The second-order valence-electron chi connectivity index (χ2n) is 7.94. The van der Waals surface area contributed by atoms with Gasteiger partial charge in [0.1, 0.15) is 16.9 Å². The van der Waals surface area contributed by atoms with Crippen molar-refractivity contribution in [2.75, 3.05) is 30.5 Å². The van der Waals surface area contributed by atoms with Crippen LogP contribution in [0.4, 0.5) is 11.4 Å². The Morgan fingerprint density at radius 3 is 1.79 bits per heavy atom. The van der Waals surface area contributed by atoms with Crippen LogP contribution < -0.4 is 10.6 Å². The highest BCUT2D eigenvalue weighted by atomic mass is 16.5. The highest BCUT2D eigenvalue weighted by molar-refractivity contribution is 6.21. The number of hydrogen-bond donors (Lipinski definition) is 2. The molecule has 0 aromatic carbocycles. The van der Waals surface area contributed by atoms with Crippen LogP contribution in [0.3, 0.4) is 0 Å². The van der Waals surface area contributed by atoms with E-state index in [1.54, 1.807) is 66.2 Å². The number of anilines is 2. The van der Waals surface area contributed by atoms with Crippen LogP contribution >= 0.6 is 0 Å². The van der Waals surface area contributed by atoms with Gasteiger partial charge in [-0.1, -0.05) is 0 Å². The Balaban J connectivity index is 1.54. The molecule has 4 aromatic heterocycles. The highest BCUT2D eigenvalue weighted by Gasteiger charge is 2.21. The van der Waals surface area contributed by atoms with Crippen molar-refractivity contribution in [1.29, 1.82) is 0 Å². The normalized spacial score (nSPS) is 11.3. The lowest BCUT2D eigenvalue weighted by molar-refractivity contribution is -0.139. The summed E-state index contributed by atoms with van der Waals surface area (Å²) in [5.41, 5.74) is 1.84. The number of rotatable bonds is 10. The molecule has 2 N–H and O–H groups in total. The average molecular weight is 535 g/mol. The molecule has 0 aliphatic heterocycles. The van der Waals surface area contributed by atoms with Gasteiger partial charge in [-0.15, -0.1) is 0 Å². The third-order valence-corrected chi connectivity index (χ3v) is 5.25. The molecular formula is C26H26N6O7. The lowest BCUT2D eigenvalue weighted by Gasteiger charge is -2.10. The van der Waals surface area contributed by atoms with Crippen LogP contribution in [0.5, 0.6) is 0 Å². The average Bonchev–Trinajstić information content (AvgIpc) is 3.53. The van der Waals surface area contributed by atoms with E-state index in [0.29, 0.717) is 22.7 Å². The number of imidazole rings is 2. The highest BCUT2D eigenvalue weighted by Crippen LogP contribution is 2.16. The lowest BCUT2D eigenvalue weighted by atomic mass is 10.2. The van der Waals surface area contributed by atoms with E-state index >= 15 is 0 Å². The van der Waals surface area contributed by atoms with Crippen molar-refractivity contribution in [2.45, 2.75) is 20.8 Å². The third-order valence-electron chi connectivity index (χ3n) is 5.25. The summed E-state index contributed by atoms with van der Waals surface area (Å²) in [6, 6.07) is 6.52. The number of fused-ring (bicyclic) bond motifs is 2. The second kappa shape index (κ2) is 11.9. The van der Waals surface area contributed by atoms with Crippen molar-refractivity contribution in [3.8, 4) is 0 Å². The number of esters is 3. The number of hydrogen-bond acceptors (Lipinski definition) is 10. The van der Waals surface area contributed by atoms with Crippen LogP contribution in [0, 0.1) is 0 Å². The lowest BCUT2D eigenvalue weighted by Crippen LogP contribution is -2.23. The van der Waals surface area contributed by atoms with Gasteiger partial charge >= 0.3 is 17.9 Å². The van der Waals surface area contributed by atoms with Gasteiger partial charge in [-0.2, -0.15) is 0 Å². The molecule has 13 heteroatoms. The number of aromatic nitrogens is 4. The summed E-state index contributed by atoms with van der Waals surface area (Å²) in [5.74, 6) is -2.65. The van der Waals surface area contributed by atoms with Gasteiger partial charge in [-0.05, 0) is 45.0 Å². The van der Waals surface area contributed by atoms with Crippen LogP contribution in [0.1, 0.15) is 41.7 Å². The minimum Gasteiger partial charge on any atom is -0.462 e. The topological polar surface area (TPSA) is 155 Å². The molecular weight excluding hydrogens is 508 g/mol. The standard InChI is InChI=1S/C26H26N6O7/c1-4-37-24(34)18(11-27-16-7-9-21-29-19(14-31(21)12-16)25(35)38-5-2)23(33)28-17-8-10-22-30-20(15-32(22)13-17)26(36)39-6-3/h7-15,27H,4-6H2,1-3H3,(H,28,33)/b18-11-. The maximum Gasteiger partial charge on any atom is 0.358 e. The van der Waals surface area contributed by atoms with Crippen molar-refractivity contribution in [3.05, 3.63) is 72.2 Å².